The van der Waals surface area contributed by atoms with Crippen LogP contribution >= 0.6 is 0 Å². The second-order valence-corrected chi connectivity index (χ2v) is 11.4. The Morgan fingerprint density at radius 1 is 1.29 bits per heavy atom. The number of ether oxygens (including phenoxy) is 3. The predicted molar refractivity (Wildman–Crippen MR) is 137 cm³/mol. The van der Waals surface area contributed by atoms with Crippen molar-refractivity contribution in [1.29, 1.82) is 5.26 Å². The smallest absolute Gasteiger partial charge is 0.323 e. The summed E-state index contributed by atoms with van der Waals surface area (Å²) in [5, 5.41) is 26.0. The number of aromatic nitrogens is 2. The minimum atomic E-state index is -1.98. The number of rotatable bonds is 7. The third kappa shape index (κ3) is 5.34. The second kappa shape index (κ2) is 10.9. The lowest BCUT2D eigenvalue weighted by molar-refractivity contribution is -0.163. The summed E-state index contributed by atoms with van der Waals surface area (Å²) in [5.41, 5.74) is 10.7. The van der Waals surface area contributed by atoms with Gasteiger partial charge in [0.25, 0.3) is 0 Å². The second-order valence-electron chi connectivity index (χ2n) is 11.4. The first-order chi connectivity index (χ1) is 18.0. The van der Waals surface area contributed by atoms with E-state index in [0.29, 0.717) is 11.2 Å². The molecule has 0 bridgehead atoms. The summed E-state index contributed by atoms with van der Waals surface area (Å²) < 4.78 is 18.7. The quantitative estimate of drug-likeness (QED) is 0.453. The van der Waals surface area contributed by atoms with Gasteiger partial charge >= 0.3 is 11.9 Å². The number of carbonyl (C=O) groups excluding carboxylic acids is 2. The maximum absolute atomic E-state index is 12.9. The molecule has 5 atom stereocenters. The number of nitriles is 1. The number of aliphatic hydroxyl groups is 1. The summed E-state index contributed by atoms with van der Waals surface area (Å²) in [5.74, 6) is -0.894. The first kappa shape index (κ1) is 27.8. The van der Waals surface area contributed by atoms with Crippen molar-refractivity contribution in [2.24, 2.45) is 17.1 Å². The topological polar surface area (TPSA) is 175 Å². The molecule has 0 spiro atoms. The highest BCUT2D eigenvalue weighted by Crippen LogP contribution is 2.42. The third-order valence-electron chi connectivity index (χ3n) is 7.59. The van der Waals surface area contributed by atoms with Crippen LogP contribution in [0.5, 0.6) is 0 Å². The number of hydrogen-bond donors (Lipinski definition) is 3. The van der Waals surface area contributed by atoms with Gasteiger partial charge in [0.05, 0.1) is 16.9 Å². The zero-order valence-electron chi connectivity index (χ0n) is 22.1. The molecule has 0 radical (unpaired) electrons. The van der Waals surface area contributed by atoms with Gasteiger partial charge in [-0.05, 0) is 42.4 Å². The molecule has 0 unspecified atom stereocenters. The van der Waals surface area contributed by atoms with Gasteiger partial charge in [-0.1, -0.05) is 40.0 Å². The number of esters is 2. The molecular weight excluding hydrogens is 490 g/mol. The molecule has 2 aromatic heterocycles. The molecular formula is C27H37N5O6. The van der Waals surface area contributed by atoms with Gasteiger partial charge in [-0.3, -0.25) is 9.59 Å². The van der Waals surface area contributed by atoms with Crippen LogP contribution in [0.1, 0.15) is 65.0 Å². The monoisotopic (exact) mass is 527 g/mol. The lowest BCUT2D eigenvalue weighted by atomic mass is 9.87. The number of nitrogens with zero attached hydrogens (tertiary/aromatic N) is 3. The Morgan fingerprint density at radius 3 is 2.66 bits per heavy atom. The van der Waals surface area contributed by atoms with Gasteiger partial charge in [-0.25, -0.2) is 4.52 Å². The van der Waals surface area contributed by atoms with E-state index in [0.717, 1.165) is 25.7 Å². The summed E-state index contributed by atoms with van der Waals surface area (Å²) in [6, 6.07) is 5.88. The van der Waals surface area contributed by atoms with E-state index in [2.05, 4.69) is 11.2 Å². The number of carbonyl (C=O) groups is 2. The fourth-order valence-corrected chi connectivity index (χ4v) is 5.18. The first-order valence-corrected chi connectivity index (χ1v) is 13.1. The van der Waals surface area contributed by atoms with Gasteiger partial charge in [0, 0.05) is 12.6 Å². The van der Waals surface area contributed by atoms with Crippen molar-refractivity contribution in [2.45, 2.75) is 89.3 Å². The average molecular weight is 528 g/mol. The van der Waals surface area contributed by atoms with Crippen LogP contribution in [0, 0.1) is 22.7 Å². The molecule has 206 valence electrons. The molecule has 2 aliphatic rings. The van der Waals surface area contributed by atoms with Crippen LogP contribution in [-0.4, -0.2) is 57.6 Å². The van der Waals surface area contributed by atoms with E-state index in [4.69, 9.17) is 25.7 Å². The van der Waals surface area contributed by atoms with Crippen LogP contribution < -0.4 is 11.5 Å². The summed E-state index contributed by atoms with van der Waals surface area (Å²) in [4.78, 5) is 25.6. The van der Waals surface area contributed by atoms with Crippen molar-refractivity contribution >= 4 is 23.1 Å². The Balaban J connectivity index is 1.61. The van der Waals surface area contributed by atoms with Crippen molar-refractivity contribution in [2.75, 3.05) is 12.3 Å². The highest BCUT2D eigenvalue weighted by molar-refractivity contribution is 5.77. The highest BCUT2D eigenvalue weighted by atomic mass is 16.6. The van der Waals surface area contributed by atoms with E-state index < -0.39 is 47.3 Å². The van der Waals surface area contributed by atoms with Crippen LogP contribution in [-0.2, 0) is 29.4 Å². The molecule has 1 saturated heterocycles. The van der Waals surface area contributed by atoms with E-state index >= 15 is 0 Å². The Morgan fingerprint density at radius 2 is 2.00 bits per heavy atom. The number of anilines is 1. The van der Waals surface area contributed by atoms with Crippen molar-refractivity contribution in [1.82, 2.24) is 9.61 Å². The Labute approximate surface area is 222 Å². The number of nitrogen functional groups attached to an aromatic ring is 1. The third-order valence-corrected chi connectivity index (χ3v) is 7.59. The summed E-state index contributed by atoms with van der Waals surface area (Å²) >= 11 is 0. The average Bonchev–Trinajstić information content (AvgIpc) is 3.43. The molecule has 38 heavy (non-hydrogen) atoms. The maximum atomic E-state index is 12.9. The van der Waals surface area contributed by atoms with Crippen LogP contribution in [0.15, 0.2) is 24.4 Å². The Hall–Kier alpha value is -3.20. The van der Waals surface area contributed by atoms with Gasteiger partial charge in [0.1, 0.15) is 30.9 Å². The van der Waals surface area contributed by atoms with E-state index in [1.165, 1.54) is 17.1 Å². The van der Waals surface area contributed by atoms with Crippen molar-refractivity contribution in [3.8, 4) is 6.07 Å². The molecule has 4 rings (SSSR count). The number of aliphatic hydroxyl groups excluding tert-OH is 1. The van der Waals surface area contributed by atoms with Gasteiger partial charge in [-0.2, -0.15) is 10.4 Å². The van der Waals surface area contributed by atoms with E-state index in [1.54, 1.807) is 39.0 Å². The maximum Gasteiger partial charge on any atom is 0.323 e. The molecule has 0 aromatic carbocycles. The van der Waals surface area contributed by atoms with Crippen LogP contribution in [0.4, 0.5) is 5.69 Å². The molecule has 1 saturated carbocycles. The number of hydrogen-bond acceptors (Lipinski definition) is 10. The van der Waals surface area contributed by atoms with Gasteiger partial charge in [0.15, 0.2) is 6.10 Å². The Bertz CT molecular complexity index is 1210. The zero-order valence-corrected chi connectivity index (χ0v) is 22.1. The van der Waals surface area contributed by atoms with Gasteiger partial charge in [-0.15, -0.1) is 0 Å². The summed E-state index contributed by atoms with van der Waals surface area (Å²) in [7, 11) is 0. The highest BCUT2D eigenvalue weighted by Gasteiger charge is 2.60. The first-order valence-electron chi connectivity index (χ1n) is 13.1. The standard InChI is InChI=1S/C27H37N5O6/c1-26(2,3)23(30)25(35)37-22-19(14-36-21(33)13-16-7-5-4-6-8-16)38-27(15-28,24(22)34)20-10-9-18-17(29)11-12-31-32(18)20/h9-12,16,19,22-24,34H,4-8,13-14,29-30H2,1-3H3/t19-,22-,23-,24-,27+/m1/s1. The number of fused-ring (bicyclic) bond motifs is 1. The molecule has 0 amide bonds. The summed E-state index contributed by atoms with van der Waals surface area (Å²) in [6.45, 7) is 5.04. The molecule has 1 aliphatic heterocycles. The minimum absolute atomic E-state index is 0.201. The normalized spacial score (nSPS) is 27.1. The Kier molecular flexibility index (Phi) is 7.97. The lowest BCUT2D eigenvalue weighted by Gasteiger charge is -2.29. The van der Waals surface area contributed by atoms with E-state index in [9.17, 15) is 20.0 Å². The van der Waals surface area contributed by atoms with E-state index in [-0.39, 0.29) is 24.6 Å². The SMILES string of the molecule is CC(C)(C)[C@H](N)C(=O)O[C@H]1[C@@H](O)[C@](C#N)(c2ccc3c(N)ccnn23)O[C@@H]1COC(=O)CC1CCCCC1. The van der Waals surface area contributed by atoms with Crippen LogP contribution in [0.25, 0.3) is 5.52 Å². The molecule has 1 aliphatic carbocycles. The fraction of sp³-hybridized carbons (Fsp3) is 0.630. The minimum Gasteiger partial charge on any atom is -0.463 e. The van der Waals surface area contributed by atoms with Crippen molar-refractivity contribution in [3.05, 3.63) is 30.1 Å². The molecule has 3 heterocycles. The summed E-state index contributed by atoms with van der Waals surface area (Å²) in [6.07, 6.45) is 2.98. The fourth-order valence-electron chi connectivity index (χ4n) is 5.18. The lowest BCUT2D eigenvalue weighted by Crippen LogP contribution is -2.49. The van der Waals surface area contributed by atoms with Gasteiger partial charge in [0.2, 0.25) is 5.60 Å². The molecule has 2 fully saturated rings. The van der Waals surface area contributed by atoms with Crippen LogP contribution in [0.2, 0.25) is 0 Å². The van der Waals surface area contributed by atoms with E-state index in [1.807, 2.05) is 0 Å². The largest absolute Gasteiger partial charge is 0.463 e. The van der Waals surface area contributed by atoms with Crippen LogP contribution in [0.3, 0.4) is 0 Å². The zero-order chi connectivity index (χ0) is 27.7. The van der Waals surface area contributed by atoms with Crippen molar-refractivity contribution < 1.29 is 28.9 Å². The van der Waals surface area contributed by atoms with Gasteiger partial charge < -0.3 is 30.8 Å². The van der Waals surface area contributed by atoms with Crippen molar-refractivity contribution in [3.63, 3.8) is 0 Å². The number of nitrogens with two attached hydrogens (primary N) is 2. The predicted octanol–water partition coefficient (Wildman–Crippen LogP) is 2.19. The molecule has 11 nitrogen and oxygen atoms in total. The molecule has 11 heteroatoms. The molecule has 2 aromatic rings. The molecule has 5 N–H and O–H groups in total.